The molecule has 0 aliphatic carbocycles. The molecule has 0 bridgehead atoms. The summed E-state index contributed by atoms with van der Waals surface area (Å²) in [6, 6.07) is 4.10. The largest absolute Gasteiger partial charge is 0.352 e. The van der Waals surface area contributed by atoms with E-state index in [9.17, 15) is 17.6 Å². The van der Waals surface area contributed by atoms with Crippen molar-refractivity contribution in [2.24, 2.45) is 5.14 Å². The molecule has 0 aromatic heterocycles. The summed E-state index contributed by atoms with van der Waals surface area (Å²) >= 11 is 2.97. The van der Waals surface area contributed by atoms with Gasteiger partial charge in [-0.25, -0.2) is 17.9 Å². The maximum atomic E-state index is 13.2. The number of hydrogen-bond donors (Lipinski definition) is 2. The lowest BCUT2D eigenvalue weighted by Gasteiger charge is -2.06. The highest BCUT2D eigenvalue weighted by Gasteiger charge is 2.12. The number of nitrogens with two attached hydrogens (primary N) is 1. The van der Waals surface area contributed by atoms with Crippen molar-refractivity contribution < 1.29 is 17.6 Å². The third-order valence-corrected chi connectivity index (χ3v) is 3.75. The Morgan fingerprint density at radius 3 is 2.72 bits per heavy atom. The molecule has 5 nitrogen and oxygen atoms in total. The Balaban J connectivity index is 2.54. The second-order valence-electron chi connectivity index (χ2n) is 3.58. The van der Waals surface area contributed by atoms with Crippen molar-refractivity contribution in [3.8, 4) is 0 Å². The molecule has 1 amide bonds. The van der Waals surface area contributed by atoms with E-state index >= 15 is 0 Å². The minimum absolute atomic E-state index is 0.0777. The Hall–Kier alpha value is -0.990. The fourth-order valence-electron chi connectivity index (χ4n) is 1.25. The molecule has 0 aliphatic heterocycles. The molecule has 1 aromatic rings. The SMILES string of the molecule is NS(=O)(=O)CCCNC(=O)c1cccc(F)c1Br. The number of nitrogens with one attached hydrogen (secondary N) is 1. The van der Waals surface area contributed by atoms with Crippen molar-refractivity contribution in [1.29, 1.82) is 0 Å². The standard InChI is InChI=1S/C10H12BrFN2O3S/c11-9-7(3-1-4-8(9)12)10(15)14-5-2-6-18(13,16)17/h1,3-4H,2,5-6H2,(H,14,15)(H2,13,16,17). The lowest BCUT2D eigenvalue weighted by molar-refractivity contribution is 0.0952. The molecular weight excluding hydrogens is 327 g/mol. The van der Waals surface area contributed by atoms with E-state index in [1.54, 1.807) is 0 Å². The van der Waals surface area contributed by atoms with E-state index in [1.165, 1.54) is 18.2 Å². The first-order valence-corrected chi connectivity index (χ1v) is 7.55. The van der Waals surface area contributed by atoms with E-state index in [0.29, 0.717) is 0 Å². The van der Waals surface area contributed by atoms with Gasteiger partial charge in [0.1, 0.15) is 5.82 Å². The molecule has 0 fully saturated rings. The van der Waals surface area contributed by atoms with Crippen LogP contribution in [0.4, 0.5) is 4.39 Å². The molecule has 0 radical (unpaired) electrons. The minimum Gasteiger partial charge on any atom is -0.352 e. The van der Waals surface area contributed by atoms with Crippen molar-refractivity contribution in [2.45, 2.75) is 6.42 Å². The average Bonchev–Trinajstić information content (AvgIpc) is 2.26. The van der Waals surface area contributed by atoms with Crippen LogP contribution in [-0.2, 0) is 10.0 Å². The van der Waals surface area contributed by atoms with Crippen LogP contribution in [0.15, 0.2) is 22.7 Å². The van der Waals surface area contributed by atoms with Gasteiger partial charge in [-0.15, -0.1) is 0 Å². The number of hydrogen-bond acceptors (Lipinski definition) is 3. The van der Waals surface area contributed by atoms with Crippen LogP contribution in [0.25, 0.3) is 0 Å². The first-order valence-electron chi connectivity index (χ1n) is 5.04. The van der Waals surface area contributed by atoms with Gasteiger partial charge in [-0.3, -0.25) is 4.79 Å². The molecule has 1 aromatic carbocycles. The maximum absolute atomic E-state index is 13.2. The normalized spacial score (nSPS) is 11.3. The Morgan fingerprint density at radius 1 is 1.44 bits per heavy atom. The number of halogens is 2. The van der Waals surface area contributed by atoms with Crippen molar-refractivity contribution in [3.05, 3.63) is 34.1 Å². The summed E-state index contributed by atoms with van der Waals surface area (Å²) in [7, 11) is -3.52. The molecule has 0 atom stereocenters. The maximum Gasteiger partial charge on any atom is 0.252 e. The zero-order valence-electron chi connectivity index (χ0n) is 9.32. The van der Waals surface area contributed by atoms with E-state index in [-0.39, 0.29) is 28.8 Å². The van der Waals surface area contributed by atoms with Gasteiger partial charge >= 0.3 is 0 Å². The summed E-state index contributed by atoms with van der Waals surface area (Å²) in [4.78, 5) is 11.7. The summed E-state index contributed by atoms with van der Waals surface area (Å²) in [5.74, 6) is -1.22. The molecule has 18 heavy (non-hydrogen) atoms. The van der Waals surface area contributed by atoms with Crippen molar-refractivity contribution in [1.82, 2.24) is 5.32 Å². The topological polar surface area (TPSA) is 89.3 Å². The number of carbonyl (C=O) groups is 1. The highest BCUT2D eigenvalue weighted by Crippen LogP contribution is 2.20. The predicted octanol–water partition coefficient (Wildman–Crippen LogP) is 0.997. The Labute approximate surface area is 113 Å². The van der Waals surface area contributed by atoms with Crippen molar-refractivity contribution in [3.63, 3.8) is 0 Å². The number of amides is 1. The van der Waals surface area contributed by atoms with Crippen LogP contribution in [0, 0.1) is 5.82 Å². The van der Waals surface area contributed by atoms with Crippen molar-refractivity contribution in [2.75, 3.05) is 12.3 Å². The zero-order chi connectivity index (χ0) is 13.8. The van der Waals surface area contributed by atoms with Crippen LogP contribution < -0.4 is 10.5 Å². The number of carbonyl (C=O) groups excluding carboxylic acids is 1. The average molecular weight is 339 g/mol. The van der Waals surface area contributed by atoms with E-state index in [2.05, 4.69) is 21.2 Å². The molecule has 0 aliphatic rings. The predicted molar refractivity (Wildman–Crippen MR) is 69.0 cm³/mol. The molecule has 0 saturated heterocycles. The molecule has 1 rings (SSSR count). The minimum atomic E-state index is -3.52. The van der Waals surface area contributed by atoms with Gasteiger partial charge in [-0.2, -0.15) is 0 Å². The van der Waals surface area contributed by atoms with Gasteiger partial charge in [0, 0.05) is 6.54 Å². The van der Waals surface area contributed by atoms with E-state index in [1.807, 2.05) is 0 Å². The number of sulfonamides is 1. The van der Waals surface area contributed by atoms with Gasteiger partial charge < -0.3 is 5.32 Å². The van der Waals surface area contributed by atoms with Gasteiger partial charge in [0.2, 0.25) is 10.0 Å². The van der Waals surface area contributed by atoms with Crippen LogP contribution in [0.3, 0.4) is 0 Å². The highest BCUT2D eigenvalue weighted by atomic mass is 79.9. The number of rotatable bonds is 5. The first-order chi connectivity index (χ1) is 8.31. The molecule has 0 spiro atoms. The summed E-state index contributed by atoms with van der Waals surface area (Å²) in [6.07, 6.45) is 0.206. The zero-order valence-corrected chi connectivity index (χ0v) is 11.7. The lowest BCUT2D eigenvalue weighted by atomic mass is 10.2. The molecule has 0 heterocycles. The lowest BCUT2D eigenvalue weighted by Crippen LogP contribution is -2.27. The first kappa shape index (κ1) is 15.1. The third kappa shape index (κ3) is 4.71. The molecule has 0 unspecified atom stereocenters. The molecule has 8 heteroatoms. The van der Waals surface area contributed by atoms with E-state index < -0.39 is 21.7 Å². The fourth-order valence-corrected chi connectivity index (χ4v) is 2.24. The molecule has 0 saturated carbocycles. The summed E-state index contributed by atoms with van der Waals surface area (Å²) < 4.78 is 34.5. The molecule has 100 valence electrons. The smallest absolute Gasteiger partial charge is 0.252 e. The van der Waals surface area contributed by atoms with Gasteiger partial charge in [0.15, 0.2) is 0 Å². The fraction of sp³-hybridized carbons (Fsp3) is 0.300. The summed E-state index contributed by atoms with van der Waals surface area (Å²) in [5.41, 5.74) is 0.158. The van der Waals surface area contributed by atoms with Crippen molar-refractivity contribution >= 4 is 31.9 Å². The summed E-state index contributed by atoms with van der Waals surface area (Å²) in [5, 5.41) is 7.29. The number of benzene rings is 1. The van der Waals surface area contributed by atoms with E-state index in [4.69, 9.17) is 5.14 Å². The summed E-state index contributed by atoms with van der Waals surface area (Å²) in [6.45, 7) is 0.151. The molecular formula is C10H12BrFN2O3S. The van der Waals surface area contributed by atoms with Crippen LogP contribution in [0.5, 0.6) is 0 Å². The van der Waals surface area contributed by atoms with E-state index in [0.717, 1.165) is 0 Å². The second kappa shape index (κ2) is 6.26. The van der Waals surface area contributed by atoms with Crippen LogP contribution in [0.1, 0.15) is 16.8 Å². The Morgan fingerprint density at radius 2 is 2.11 bits per heavy atom. The van der Waals surface area contributed by atoms with Gasteiger partial charge in [-0.1, -0.05) is 6.07 Å². The number of primary sulfonamides is 1. The van der Waals surface area contributed by atoms with Gasteiger partial charge in [-0.05, 0) is 34.5 Å². The Bertz CT molecular complexity index is 548. The second-order valence-corrected chi connectivity index (χ2v) is 6.10. The quantitative estimate of drug-likeness (QED) is 0.784. The van der Waals surface area contributed by atoms with Crippen LogP contribution in [0.2, 0.25) is 0 Å². The van der Waals surface area contributed by atoms with Crippen LogP contribution >= 0.6 is 15.9 Å². The van der Waals surface area contributed by atoms with Gasteiger partial charge in [0.25, 0.3) is 5.91 Å². The third-order valence-electron chi connectivity index (χ3n) is 2.09. The Kier molecular flexibility index (Phi) is 5.24. The van der Waals surface area contributed by atoms with Crippen LogP contribution in [-0.4, -0.2) is 26.6 Å². The highest BCUT2D eigenvalue weighted by molar-refractivity contribution is 9.10. The molecule has 3 N–H and O–H groups in total. The van der Waals surface area contributed by atoms with Gasteiger partial charge in [0.05, 0.1) is 15.8 Å². The monoisotopic (exact) mass is 338 g/mol.